The minimum absolute atomic E-state index is 0.153. The number of anilines is 1. The average molecular weight is 638 g/mol. The second-order valence-electron chi connectivity index (χ2n) is 12.1. The summed E-state index contributed by atoms with van der Waals surface area (Å²) in [5, 5.41) is 2.86. The molecule has 0 radical (unpaired) electrons. The third-order valence-corrected chi connectivity index (χ3v) is 8.38. The van der Waals surface area contributed by atoms with Crippen LogP contribution in [0.1, 0.15) is 86.9 Å². The first-order valence-corrected chi connectivity index (χ1v) is 15.9. The lowest BCUT2D eigenvalue weighted by atomic mass is 9.84. The number of carbonyl (C=O) groups is 5. The van der Waals surface area contributed by atoms with E-state index in [0.717, 1.165) is 18.3 Å². The number of ether oxygens (including phenoxy) is 3. The van der Waals surface area contributed by atoms with Crippen LogP contribution < -0.4 is 15.8 Å². The van der Waals surface area contributed by atoms with Crippen molar-refractivity contribution in [1.82, 2.24) is 4.90 Å². The van der Waals surface area contributed by atoms with Crippen molar-refractivity contribution in [3.63, 3.8) is 0 Å². The van der Waals surface area contributed by atoms with E-state index in [-0.39, 0.29) is 18.9 Å². The highest BCUT2D eigenvalue weighted by molar-refractivity contribution is 6.38. The van der Waals surface area contributed by atoms with E-state index in [4.69, 9.17) is 19.9 Å². The van der Waals surface area contributed by atoms with Gasteiger partial charge in [0, 0.05) is 24.2 Å². The molecule has 1 aliphatic heterocycles. The van der Waals surface area contributed by atoms with Crippen molar-refractivity contribution in [1.29, 1.82) is 0 Å². The van der Waals surface area contributed by atoms with Crippen LogP contribution in [0.15, 0.2) is 42.5 Å². The van der Waals surface area contributed by atoms with Crippen LogP contribution in [0.5, 0.6) is 5.75 Å². The van der Waals surface area contributed by atoms with Gasteiger partial charge in [-0.3, -0.25) is 19.2 Å². The Labute approximate surface area is 271 Å². The van der Waals surface area contributed by atoms with Crippen molar-refractivity contribution < 1.29 is 38.2 Å². The van der Waals surface area contributed by atoms with E-state index in [2.05, 4.69) is 5.32 Å². The van der Waals surface area contributed by atoms with Gasteiger partial charge in [-0.1, -0.05) is 39.0 Å². The molecule has 2 amide bonds. The molecule has 2 aromatic carbocycles. The minimum atomic E-state index is -0.885. The number of amides is 2. The number of carbonyl (C=O) groups excluding carboxylic acids is 5. The monoisotopic (exact) mass is 637 g/mol. The van der Waals surface area contributed by atoms with Gasteiger partial charge in [0.2, 0.25) is 11.7 Å². The zero-order valence-corrected chi connectivity index (χ0v) is 27.3. The molecule has 0 aromatic heterocycles. The van der Waals surface area contributed by atoms with Gasteiger partial charge in [-0.15, -0.1) is 0 Å². The fourth-order valence-corrected chi connectivity index (χ4v) is 5.21. The molecular formula is C35H47N3O8. The van der Waals surface area contributed by atoms with Crippen LogP contribution in [-0.4, -0.2) is 74.2 Å². The number of rotatable bonds is 17. The Hall–Kier alpha value is -4.09. The number of hydrogen-bond donors (Lipinski definition) is 2. The number of benzene rings is 2. The van der Waals surface area contributed by atoms with Crippen molar-refractivity contribution in [2.45, 2.75) is 77.9 Å². The van der Waals surface area contributed by atoms with Gasteiger partial charge in [0.25, 0.3) is 5.91 Å². The number of nitrogens with two attached hydrogens (primary N) is 1. The summed E-state index contributed by atoms with van der Waals surface area (Å²) in [5.74, 6) is -1.55. The number of aldehydes is 1. The Morgan fingerprint density at radius 3 is 2.59 bits per heavy atom. The number of methoxy groups -OCH3 is 1. The molecule has 250 valence electrons. The number of piperidine rings is 1. The van der Waals surface area contributed by atoms with Crippen LogP contribution in [-0.2, 0) is 35.1 Å². The molecule has 46 heavy (non-hydrogen) atoms. The lowest BCUT2D eigenvalue weighted by Crippen LogP contribution is -2.53. The zero-order valence-electron chi connectivity index (χ0n) is 27.3. The predicted octanol–water partition coefficient (Wildman–Crippen LogP) is 4.42. The summed E-state index contributed by atoms with van der Waals surface area (Å²) in [7, 11) is 1.49. The average Bonchev–Trinajstić information content (AvgIpc) is 3.07. The van der Waals surface area contributed by atoms with E-state index in [1.807, 2.05) is 19.1 Å². The second kappa shape index (κ2) is 17.6. The van der Waals surface area contributed by atoms with Crippen LogP contribution in [0.3, 0.4) is 0 Å². The quantitative estimate of drug-likeness (QED) is 0.111. The second-order valence-corrected chi connectivity index (χ2v) is 12.1. The van der Waals surface area contributed by atoms with Crippen LogP contribution in [0.4, 0.5) is 5.69 Å². The van der Waals surface area contributed by atoms with Gasteiger partial charge in [0.05, 0.1) is 32.3 Å². The number of esters is 1. The van der Waals surface area contributed by atoms with E-state index in [1.165, 1.54) is 12.0 Å². The lowest BCUT2D eigenvalue weighted by molar-refractivity contribution is -0.164. The molecule has 1 fully saturated rings. The molecule has 3 N–H and O–H groups in total. The van der Waals surface area contributed by atoms with Crippen molar-refractivity contribution in [2.75, 3.05) is 38.7 Å². The third-order valence-electron chi connectivity index (χ3n) is 8.38. The maximum Gasteiger partial charge on any atom is 0.329 e. The highest BCUT2D eigenvalue weighted by atomic mass is 16.5. The minimum Gasteiger partial charge on any atom is -0.496 e. The van der Waals surface area contributed by atoms with E-state index in [1.54, 1.807) is 44.2 Å². The Morgan fingerprint density at radius 2 is 1.89 bits per heavy atom. The Kier molecular flexibility index (Phi) is 13.9. The summed E-state index contributed by atoms with van der Waals surface area (Å²) in [6.07, 6.45) is 3.27. The number of ketones is 1. The molecule has 0 saturated carbocycles. The fourth-order valence-electron chi connectivity index (χ4n) is 5.21. The fraction of sp³-hybridized carbons (Fsp3) is 0.514. The molecule has 0 unspecified atom stereocenters. The van der Waals surface area contributed by atoms with Gasteiger partial charge in [-0.25, -0.2) is 4.79 Å². The Balaban J connectivity index is 1.85. The number of Topliss-reactive ketones (excluding diaryl/α,β-unsaturated/α-hetero) is 1. The zero-order chi connectivity index (χ0) is 33.7. The first kappa shape index (κ1) is 36.4. The van der Waals surface area contributed by atoms with Gasteiger partial charge < -0.3 is 30.2 Å². The van der Waals surface area contributed by atoms with E-state index in [9.17, 15) is 24.0 Å². The maximum atomic E-state index is 13.8. The predicted molar refractivity (Wildman–Crippen MR) is 174 cm³/mol. The molecule has 11 nitrogen and oxygen atoms in total. The van der Waals surface area contributed by atoms with Crippen molar-refractivity contribution in [3.05, 3.63) is 59.2 Å². The van der Waals surface area contributed by atoms with Gasteiger partial charge >= 0.3 is 5.97 Å². The highest BCUT2D eigenvalue weighted by Crippen LogP contribution is 2.31. The van der Waals surface area contributed by atoms with Crippen LogP contribution in [0.2, 0.25) is 0 Å². The normalized spacial score (nSPS) is 15.5. The van der Waals surface area contributed by atoms with Gasteiger partial charge in [-0.05, 0) is 73.9 Å². The summed E-state index contributed by atoms with van der Waals surface area (Å²) in [5.41, 5.74) is 7.06. The van der Waals surface area contributed by atoms with Gasteiger partial charge in [-0.2, -0.15) is 0 Å². The molecule has 1 saturated heterocycles. The van der Waals surface area contributed by atoms with E-state index >= 15 is 0 Å². The summed E-state index contributed by atoms with van der Waals surface area (Å²) in [6.45, 7) is 6.60. The van der Waals surface area contributed by atoms with Crippen molar-refractivity contribution in [3.8, 4) is 5.75 Å². The first-order valence-electron chi connectivity index (χ1n) is 15.9. The molecule has 0 aliphatic carbocycles. The van der Waals surface area contributed by atoms with Crippen LogP contribution in [0, 0.1) is 5.41 Å². The molecule has 1 heterocycles. The number of likely N-dealkylation sites (tertiary alicyclic amines) is 1. The molecule has 0 spiro atoms. The molecule has 2 atom stereocenters. The number of nitrogens with one attached hydrogen (secondary N) is 1. The highest BCUT2D eigenvalue weighted by Gasteiger charge is 2.41. The third kappa shape index (κ3) is 9.95. The SMILES string of the molecule is CCC(C)(C)C(=O)C(=O)N1CCCC[C@H]1C(=O)O[C@H](CCc1ccc(C=O)c(OC)c1)c1cccc(NC(=O)CCOCCN)c1. The number of aryl methyl sites for hydroxylation is 1. The van der Waals surface area contributed by atoms with Crippen molar-refractivity contribution >= 4 is 35.5 Å². The lowest BCUT2D eigenvalue weighted by Gasteiger charge is -2.36. The summed E-state index contributed by atoms with van der Waals surface area (Å²) >= 11 is 0. The standard InChI is InChI=1S/C35H47N3O8/c1-5-35(2,3)32(41)33(42)38-18-7-6-11-28(38)34(43)46-29(15-13-24-12-14-26(23-39)30(21-24)44-4)25-9-8-10-27(22-25)37-31(40)16-19-45-20-17-36/h8-10,12,14,21-23,28-29H,5-7,11,13,15-20,36H2,1-4H3,(H,37,40)/t28-,29+/m0/s1. The Bertz CT molecular complexity index is 1380. The molecule has 3 rings (SSSR count). The maximum absolute atomic E-state index is 13.8. The molecule has 11 heteroatoms. The molecule has 2 aromatic rings. The molecular weight excluding hydrogens is 590 g/mol. The van der Waals surface area contributed by atoms with Crippen molar-refractivity contribution in [2.24, 2.45) is 11.1 Å². The van der Waals surface area contributed by atoms with Gasteiger partial charge in [0.15, 0.2) is 6.29 Å². The first-order chi connectivity index (χ1) is 22.0. The van der Waals surface area contributed by atoms with E-state index < -0.39 is 35.2 Å². The Morgan fingerprint density at radius 1 is 1.11 bits per heavy atom. The number of hydrogen-bond acceptors (Lipinski definition) is 9. The summed E-state index contributed by atoms with van der Waals surface area (Å²) < 4.78 is 16.8. The molecule has 1 aliphatic rings. The van der Waals surface area contributed by atoms with Gasteiger partial charge in [0.1, 0.15) is 17.9 Å². The molecule has 0 bridgehead atoms. The summed E-state index contributed by atoms with van der Waals surface area (Å²) in [4.78, 5) is 65.4. The summed E-state index contributed by atoms with van der Waals surface area (Å²) in [6, 6.07) is 11.5. The van der Waals surface area contributed by atoms with Crippen LogP contribution >= 0.6 is 0 Å². The van der Waals surface area contributed by atoms with E-state index in [0.29, 0.717) is 74.4 Å². The topological polar surface area (TPSA) is 154 Å². The largest absolute Gasteiger partial charge is 0.496 e. The number of nitrogens with zero attached hydrogens (tertiary/aromatic N) is 1. The smallest absolute Gasteiger partial charge is 0.329 e. The van der Waals surface area contributed by atoms with Crippen LogP contribution in [0.25, 0.3) is 0 Å².